The van der Waals surface area contributed by atoms with E-state index in [1.165, 1.54) is 37.4 Å². The van der Waals surface area contributed by atoms with E-state index in [1.807, 2.05) is 54.6 Å². The number of likely N-dealkylation sites (N-methyl/N-ethyl adjacent to an activating group) is 1. The molecule has 150 valence electrons. The Morgan fingerprint density at radius 1 is 1.07 bits per heavy atom. The van der Waals surface area contributed by atoms with Gasteiger partial charge in [-0.25, -0.2) is 0 Å². The topological polar surface area (TPSA) is 49.4 Å². The van der Waals surface area contributed by atoms with Crippen molar-refractivity contribution in [3.8, 4) is 0 Å². The summed E-state index contributed by atoms with van der Waals surface area (Å²) in [5.41, 5.74) is 2.40. The van der Waals surface area contributed by atoms with Crippen LogP contribution in [0.1, 0.15) is 54.4 Å². The summed E-state index contributed by atoms with van der Waals surface area (Å²) in [4.78, 5) is 28.9. The van der Waals surface area contributed by atoms with Crippen LogP contribution in [-0.4, -0.2) is 24.9 Å². The summed E-state index contributed by atoms with van der Waals surface area (Å²) in [6.45, 7) is 0. The van der Waals surface area contributed by atoms with Crippen molar-refractivity contribution in [3.63, 3.8) is 0 Å². The van der Waals surface area contributed by atoms with Crippen LogP contribution in [0.2, 0.25) is 0 Å². The predicted octanol–water partition coefficient (Wildman–Crippen LogP) is 5.25. The molecule has 2 aromatic rings. The van der Waals surface area contributed by atoms with Crippen molar-refractivity contribution >= 4 is 35.3 Å². The monoisotopic (exact) mass is 406 g/mol. The Bertz CT molecular complexity index is 931. The molecule has 0 spiro atoms. The number of fused-ring (bicyclic) bond motifs is 1. The summed E-state index contributed by atoms with van der Waals surface area (Å²) < 4.78 is 0. The van der Waals surface area contributed by atoms with Crippen LogP contribution in [0.5, 0.6) is 0 Å². The van der Waals surface area contributed by atoms with Crippen LogP contribution in [0.25, 0.3) is 6.08 Å². The molecule has 29 heavy (non-hydrogen) atoms. The highest BCUT2D eigenvalue weighted by Crippen LogP contribution is 2.42. The van der Waals surface area contributed by atoms with E-state index in [0.717, 1.165) is 29.0 Å². The van der Waals surface area contributed by atoms with Gasteiger partial charge in [0.15, 0.2) is 0 Å². The normalized spacial score (nSPS) is 19.0. The highest BCUT2D eigenvalue weighted by atomic mass is 32.2. The van der Waals surface area contributed by atoms with Crippen molar-refractivity contribution in [2.24, 2.45) is 0 Å². The molecule has 1 N–H and O–H groups in total. The van der Waals surface area contributed by atoms with Gasteiger partial charge in [-0.1, -0.05) is 67.8 Å². The van der Waals surface area contributed by atoms with Gasteiger partial charge in [-0.05, 0) is 42.7 Å². The van der Waals surface area contributed by atoms with E-state index in [1.54, 1.807) is 11.9 Å². The molecule has 0 bridgehead atoms. The second-order valence-corrected chi connectivity index (χ2v) is 8.81. The van der Waals surface area contributed by atoms with Crippen molar-refractivity contribution in [1.29, 1.82) is 0 Å². The van der Waals surface area contributed by atoms with Gasteiger partial charge in [0.1, 0.15) is 0 Å². The van der Waals surface area contributed by atoms with E-state index in [2.05, 4.69) is 5.32 Å². The first-order chi connectivity index (χ1) is 14.1. The van der Waals surface area contributed by atoms with Crippen molar-refractivity contribution in [2.45, 2.75) is 49.5 Å². The molecule has 2 aromatic carbocycles. The van der Waals surface area contributed by atoms with E-state index >= 15 is 0 Å². The summed E-state index contributed by atoms with van der Waals surface area (Å²) in [5, 5.41) is 3.19. The number of nitrogens with zero attached hydrogens (tertiary/aromatic N) is 1. The number of carbonyl (C=O) groups is 2. The number of benzene rings is 2. The van der Waals surface area contributed by atoms with E-state index in [0.29, 0.717) is 10.5 Å². The molecule has 1 aliphatic heterocycles. The Balaban J connectivity index is 1.54. The SMILES string of the molecule is CN1C(=O)/C(=C\c2ccccc2)Sc2ccc(C(=O)NC3CCCCCC3)cc21. The van der Waals surface area contributed by atoms with E-state index in [9.17, 15) is 9.59 Å². The molecule has 4 nitrogen and oxygen atoms in total. The zero-order valence-corrected chi connectivity index (χ0v) is 17.5. The quantitative estimate of drug-likeness (QED) is 0.559. The van der Waals surface area contributed by atoms with Crippen molar-refractivity contribution < 1.29 is 9.59 Å². The standard InChI is InChI=1S/C24H26N2O2S/c1-26-20-16-18(23(27)25-19-11-7-2-3-8-12-19)13-14-21(20)29-22(24(26)28)15-17-9-5-4-6-10-17/h4-6,9-10,13-16,19H,2-3,7-8,11-12H2,1H3,(H,25,27)/b22-15+. The number of amides is 2. The molecule has 0 aromatic heterocycles. The minimum atomic E-state index is -0.0484. The molecule has 1 aliphatic carbocycles. The molecule has 4 rings (SSSR count). The first kappa shape index (κ1) is 19.8. The van der Waals surface area contributed by atoms with Gasteiger partial charge in [0.25, 0.3) is 11.8 Å². The van der Waals surface area contributed by atoms with Crippen LogP contribution in [0.4, 0.5) is 5.69 Å². The van der Waals surface area contributed by atoms with Gasteiger partial charge in [0, 0.05) is 23.5 Å². The molecule has 1 fully saturated rings. The molecule has 0 atom stereocenters. The van der Waals surface area contributed by atoms with Crippen LogP contribution in [-0.2, 0) is 4.79 Å². The van der Waals surface area contributed by atoms with Crippen LogP contribution in [0.15, 0.2) is 58.3 Å². The Kier molecular flexibility index (Phi) is 6.05. The number of anilines is 1. The number of hydrogen-bond donors (Lipinski definition) is 1. The number of carbonyl (C=O) groups excluding carboxylic acids is 2. The second kappa shape index (κ2) is 8.87. The Labute approximate surface area is 176 Å². The fourth-order valence-corrected chi connectivity index (χ4v) is 5.02. The summed E-state index contributed by atoms with van der Waals surface area (Å²) in [6.07, 6.45) is 8.90. The number of thioether (sulfide) groups is 1. The third-order valence-electron chi connectivity index (χ3n) is 5.61. The predicted molar refractivity (Wildman–Crippen MR) is 119 cm³/mol. The maximum absolute atomic E-state index is 12.9. The van der Waals surface area contributed by atoms with E-state index < -0.39 is 0 Å². The zero-order chi connectivity index (χ0) is 20.2. The summed E-state index contributed by atoms with van der Waals surface area (Å²) in [6, 6.07) is 15.8. The van der Waals surface area contributed by atoms with Crippen LogP contribution < -0.4 is 10.2 Å². The third kappa shape index (κ3) is 4.56. The maximum atomic E-state index is 12.9. The highest BCUT2D eigenvalue weighted by Gasteiger charge is 2.27. The molecule has 2 amide bonds. The lowest BCUT2D eigenvalue weighted by Crippen LogP contribution is -2.35. The fourth-order valence-electron chi connectivity index (χ4n) is 3.93. The Morgan fingerprint density at radius 3 is 2.52 bits per heavy atom. The van der Waals surface area contributed by atoms with Gasteiger partial charge in [0.05, 0.1) is 10.6 Å². The van der Waals surface area contributed by atoms with Gasteiger partial charge in [-0.15, -0.1) is 0 Å². The van der Waals surface area contributed by atoms with Crippen LogP contribution >= 0.6 is 11.8 Å². The van der Waals surface area contributed by atoms with E-state index in [4.69, 9.17) is 0 Å². The summed E-state index contributed by atoms with van der Waals surface area (Å²) >= 11 is 1.46. The van der Waals surface area contributed by atoms with Crippen LogP contribution in [0, 0.1) is 0 Å². The molecule has 1 saturated carbocycles. The van der Waals surface area contributed by atoms with Gasteiger partial charge < -0.3 is 10.2 Å². The molecule has 5 heteroatoms. The Morgan fingerprint density at radius 2 is 1.79 bits per heavy atom. The molecular weight excluding hydrogens is 380 g/mol. The smallest absolute Gasteiger partial charge is 0.264 e. The van der Waals surface area contributed by atoms with Gasteiger partial charge in [-0.2, -0.15) is 0 Å². The minimum absolute atomic E-state index is 0.0452. The van der Waals surface area contributed by atoms with Gasteiger partial charge in [-0.3, -0.25) is 9.59 Å². The average molecular weight is 407 g/mol. The van der Waals surface area contributed by atoms with Gasteiger partial charge in [0.2, 0.25) is 0 Å². The minimum Gasteiger partial charge on any atom is -0.349 e. The molecule has 0 unspecified atom stereocenters. The molecule has 2 aliphatic rings. The largest absolute Gasteiger partial charge is 0.349 e. The summed E-state index contributed by atoms with van der Waals surface area (Å²) in [5.74, 6) is -0.0937. The number of nitrogens with one attached hydrogen (secondary N) is 1. The Hall–Kier alpha value is -2.53. The van der Waals surface area contributed by atoms with Gasteiger partial charge >= 0.3 is 0 Å². The fraction of sp³-hybridized carbons (Fsp3) is 0.333. The third-order valence-corrected chi connectivity index (χ3v) is 6.68. The number of hydrogen-bond acceptors (Lipinski definition) is 3. The first-order valence-corrected chi connectivity index (χ1v) is 11.1. The lowest BCUT2D eigenvalue weighted by atomic mass is 10.1. The molecule has 0 saturated heterocycles. The van der Waals surface area contributed by atoms with Crippen molar-refractivity contribution in [2.75, 3.05) is 11.9 Å². The highest BCUT2D eigenvalue weighted by molar-refractivity contribution is 8.04. The molecule has 0 radical (unpaired) electrons. The summed E-state index contributed by atoms with van der Waals surface area (Å²) in [7, 11) is 1.77. The lowest BCUT2D eigenvalue weighted by molar-refractivity contribution is -0.114. The lowest BCUT2D eigenvalue weighted by Gasteiger charge is -2.27. The average Bonchev–Trinajstić information content (AvgIpc) is 3.01. The molecule has 1 heterocycles. The first-order valence-electron chi connectivity index (χ1n) is 10.3. The molecular formula is C24H26N2O2S. The van der Waals surface area contributed by atoms with Crippen LogP contribution in [0.3, 0.4) is 0 Å². The van der Waals surface area contributed by atoms with Crippen molar-refractivity contribution in [1.82, 2.24) is 5.32 Å². The van der Waals surface area contributed by atoms with E-state index in [-0.39, 0.29) is 17.9 Å². The second-order valence-electron chi connectivity index (χ2n) is 7.73. The zero-order valence-electron chi connectivity index (χ0n) is 16.7. The van der Waals surface area contributed by atoms with Crippen molar-refractivity contribution in [3.05, 3.63) is 64.6 Å². The maximum Gasteiger partial charge on any atom is 0.264 e. The number of rotatable bonds is 3.